The third-order valence-electron chi connectivity index (χ3n) is 3.06. The lowest BCUT2D eigenvalue weighted by molar-refractivity contribution is -0.122. The van der Waals surface area contributed by atoms with E-state index in [9.17, 15) is 4.79 Å². The molecule has 2 aromatic rings. The highest BCUT2D eigenvalue weighted by atomic mass is 35.5. The van der Waals surface area contributed by atoms with Gasteiger partial charge in [0.25, 0.3) is 0 Å². The van der Waals surface area contributed by atoms with Crippen LogP contribution in [-0.4, -0.2) is 21.5 Å². The van der Waals surface area contributed by atoms with Crippen molar-refractivity contribution < 1.29 is 4.79 Å². The van der Waals surface area contributed by atoms with Crippen LogP contribution < -0.4 is 11.1 Å². The van der Waals surface area contributed by atoms with Gasteiger partial charge in [0.1, 0.15) is 6.54 Å². The van der Waals surface area contributed by atoms with Crippen LogP contribution in [0.4, 0.5) is 5.95 Å². The Morgan fingerprint density at radius 1 is 1.58 bits per heavy atom. The van der Waals surface area contributed by atoms with Crippen LogP contribution in [-0.2, 0) is 11.3 Å². The van der Waals surface area contributed by atoms with Gasteiger partial charge in [-0.3, -0.25) is 4.79 Å². The monoisotopic (exact) mass is 280 g/mol. The molecule has 0 aliphatic heterocycles. The van der Waals surface area contributed by atoms with E-state index < -0.39 is 0 Å². The van der Waals surface area contributed by atoms with Crippen LogP contribution >= 0.6 is 11.6 Å². The Balaban J connectivity index is 2.25. The first kappa shape index (κ1) is 13.7. The van der Waals surface area contributed by atoms with Crippen molar-refractivity contribution in [3.8, 4) is 0 Å². The zero-order chi connectivity index (χ0) is 14.0. The van der Waals surface area contributed by atoms with E-state index in [0.717, 1.165) is 11.9 Å². The number of amides is 1. The van der Waals surface area contributed by atoms with Crippen molar-refractivity contribution >= 4 is 34.5 Å². The number of rotatable bonds is 4. The first-order valence-electron chi connectivity index (χ1n) is 6.22. The van der Waals surface area contributed by atoms with Crippen LogP contribution in [0.2, 0.25) is 5.02 Å². The number of imidazole rings is 1. The van der Waals surface area contributed by atoms with Crippen LogP contribution in [0.1, 0.15) is 20.3 Å². The fourth-order valence-corrected chi connectivity index (χ4v) is 2.02. The molecule has 102 valence electrons. The fourth-order valence-electron chi connectivity index (χ4n) is 1.85. The number of fused-ring (bicyclic) bond motifs is 1. The van der Waals surface area contributed by atoms with Gasteiger partial charge in [0.15, 0.2) is 0 Å². The lowest BCUT2D eigenvalue weighted by Crippen LogP contribution is -2.34. The van der Waals surface area contributed by atoms with Gasteiger partial charge in [0.2, 0.25) is 11.9 Å². The van der Waals surface area contributed by atoms with E-state index in [1.54, 1.807) is 16.7 Å². The summed E-state index contributed by atoms with van der Waals surface area (Å²) in [4.78, 5) is 16.1. The molecule has 0 radical (unpaired) electrons. The van der Waals surface area contributed by atoms with Crippen molar-refractivity contribution in [2.45, 2.75) is 32.9 Å². The van der Waals surface area contributed by atoms with Gasteiger partial charge in [-0.15, -0.1) is 0 Å². The van der Waals surface area contributed by atoms with E-state index in [-0.39, 0.29) is 18.5 Å². The summed E-state index contributed by atoms with van der Waals surface area (Å²) in [5, 5.41) is 3.50. The van der Waals surface area contributed by atoms with Crippen LogP contribution in [0.3, 0.4) is 0 Å². The molecule has 1 heterocycles. The van der Waals surface area contributed by atoms with E-state index in [1.165, 1.54) is 0 Å². The van der Waals surface area contributed by atoms with Gasteiger partial charge in [-0.05, 0) is 31.5 Å². The van der Waals surface area contributed by atoms with E-state index in [4.69, 9.17) is 17.3 Å². The van der Waals surface area contributed by atoms with Gasteiger partial charge in [-0.25, -0.2) is 4.98 Å². The second-order valence-electron chi connectivity index (χ2n) is 4.57. The third-order valence-corrected chi connectivity index (χ3v) is 3.30. The maximum Gasteiger partial charge on any atom is 0.240 e. The number of anilines is 1. The summed E-state index contributed by atoms with van der Waals surface area (Å²) in [6, 6.07) is 5.46. The van der Waals surface area contributed by atoms with Gasteiger partial charge in [0, 0.05) is 11.1 Å². The standard InChI is InChI=1S/C13H17ClN4O/c1-3-8(2)16-12(19)7-18-11-5-4-9(14)6-10(11)17-13(18)15/h4-6,8H,3,7H2,1-2H3,(H2,15,17)(H,16,19). The zero-order valence-electron chi connectivity index (χ0n) is 11.0. The Morgan fingerprint density at radius 3 is 3.00 bits per heavy atom. The van der Waals surface area contributed by atoms with Crippen molar-refractivity contribution in [1.82, 2.24) is 14.9 Å². The number of nitrogens with zero attached hydrogens (tertiary/aromatic N) is 2. The molecular weight excluding hydrogens is 264 g/mol. The topological polar surface area (TPSA) is 72.9 Å². The second-order valence-corrected chi connectivity index (χ2v) is 5.00. The molecule has 3 N–H and O–H groups in total. The number of benzene rings is 1. The van der Waals surface area contributed by atoms with Crippen LogP contribution in [0, 0.1) is 0 Å². The SMILES string of the molecule is CCC(C)NC(=O)Cn1c(N)nc2cc(Cl)ccc21. The largest absolute Gasteiger partial charge is 0.369 e. The maximum atomic E-state index is 11.9. The summed E-state index contributed by atoms with van der Waals surface area (Å²) in [5.74, 6) is 0.242. The first-order chi connectivity index (χ1) is 9.01. The molecule has 0 bridgehead atoms. The summed E-state index contributed by atoms with van der Waals surface area (Å²) in [5.41, 5.74) is 7.35. The van der Waals surface area contributed by atoms with E-state index in [0.29, 0.717) is 16.5 Å². The van der Waals surface area contributed by atoms with Gasteiger partial charge in [-0.1, -0.05) is 18.5 Å². The lowest BCUT2D eigenvalue weighted by atomic mass is 10.2. The number of nitrogen functional groups attached to an aromatic ring is 1. The minimum Gasteiger partial charge on any atom is -0.369 e. The summed E-state index contributed by atoms with van der Waals surface area (Å²) < 4.78 is 1.68. The smallest absolute Gasteiger partial charge is 0.240 e. The molecule has 0 fully saturated rings. The Kier molecular flexibility index (Phi) is 3.95. The average molecular weight is 281 g/mol. The van der Waals surface area contributed by atoms with Crippen LogP contribution in [0.5, 0.6) is 0 Å². The summed E-state index contributed by atoms with van der Waals surface area (Å²) in [6.07, 6.45) is 0.890. The number of halogens is 1. The Bertz CT molecular complexity index is 608. The molecule has 0 saturated carbocycles. The molecule has 0 saturated heterocycles. The summed E-state index contributed by atoms with van der Waals surface area (Å²) in [6.45, 7) is 4.15. The highest BCUT2D eigenvalue weighted by Gasteiger charge is 2.13. The fraction of sp³-hybridized carbons (Fsp3) is 0.385. The second kappa shape index (κ2) is 5.48. The highest BCUT2D eigenvalue weighted by Crippen LogP contribution is 2.21. The Hall–Kier alpha value is -1.75. The molecule has 19 heavy (non-hydrogen) atoms. The molecule has 5 nitrogen and oxygen atoms in total. The van der Waals surface area contributed by atoms with Gasteiger partial charge in [-0.2, -0.15) is 0 Å². The van der Waals surface area contributed by atoms with Gasteiger partial charge in [0.05, 0.1) is 11.0 Å². The minimum absolute atomic E-state index is 0.0738. The summed E-state index contributed by atoms with van der Waals surface area (Å²) >= 11 is 5.90. The normalized spacial score (nSPS) is 12.6. The number of nitrogens with one attached hydrogen (secondary N) is 1. The Labute approximate surface area is 116 Å². The van der Waals surface area contributed by atoms with E-state index in [2.05, 4.69) is 10.3 Å². The van der Waals surface area contributed by atoms with Crippen molar-refractivity contribution in [2.75, 3.05) is 5.73 Å². The van der Waals surface area contributed by atoms with Gasteiger partial charge >= 0.3 is 0 Å². The number of aromatic nitrogens is 2. The van der Waals surface area contributed by atoms with E-state index in [1.807, 2.05) is 19.9 Å². The van der Waals surface area contributed by atoms with Crippen molar-refractivity contribution in [3.63, 3.8) is 0 Å². The van der Waals surface area contributed by atoms with Crippen molar-refractivity contribution in [1.29, 1.82) is 0 Å². The molecule has 0 spiro atoms. The predicted octanol–water partition coefficient (Wildman–Crippen LogP) is 2.19. The quantitative estimate of drug-likeness (QED) is 0.902. The van der Waals surface area contributed by atoms with Crippen molar-refractivity contribution in [2.24, 2.45) is 0 Å². The molecule has 1 unspecified atom stereocenters. The molecule has 1 amide bonds. The van der Waals surface area contributed by atoms with Crippen LogP contribution in [0.15, 0.2) is 18.2 Å². The third kappa shape index (κ3) is 2.98. The molecule has 1 atom stereocenters. The maximum absolute atomic E-state index is 11.9. The van der Waals surface area contributed by atoms with Crippen molar-refractivity contribution in [3.05, 3.63) is 23.2 Å². The minimum atomic E-state index is -0.0738. The average Bonchev–Trinajstić information content (AvgIpc) is 2.64. The molecule has 6 heteroatoms. The number of carbonyl (C=O) groups excluding carboxylic acids is 1. The molecule has 0 aliphatic carbocycles. The molecule has 1 aromatic carbocycles. The first-order valence-corrected chi connectivity index (χ1v) is 6.59. The number of hydrogen-bond donors (Lipinski definition) is 2. The highest BCUT2D eigenvalue weighted by molar-refractivity contribution is 6.31. The van der Waals surface area contributed by atoms with Crippen LogP contribution in [0.25, 0.3) is 11.0 Å². The number of nitrogens with two attached hydrogens (primary N) is 1. The predicted molar refractivity (Wildman–Crippen MR) is 77.1 cm³/mol. The lowest BCUT2D eigenvalue weighted by Gasteiger charge is -2.12. The zero-order valence-corrected chi connectivity index (χ0v) is 11.7. The summed E-state index contributed by atoms with van der Waals surface area (Å²) in [7, 11) is 0. The molecule has 0 aliphatic rings. The number of carbonyl (C=O) groups is 1. The molecular formula is C13H17ClN4O. The number of hydrogen-bond acceptors (Lipinski definition) is 3. The Morgan fingerprint density at radius 2 is 2.32 bits per heavy atom. The van der Waals surface area contributed by atoms with E-state index >= 15 is 0 Å². The van der Waals surface area contributed by atoms with Gasteiger partial charge < -0.3 is 15.6 Å². The molecule has 2 rings (SSSR count). The molecule has 1 aromatic heterocycles.